The molecule has 4 nitrogen and oxygen atoms in total. The van der Waals surface area contributed by atoms with Gasteiger partial charge in [-0.2, -0.15) is 0 Å². The van der Waals surface area contributed by atoms with Crippen LogP contribution in [0.4, 0.5) is 0 Å². The van der Waals surface area contributed by atoms with Gasteiger partial charge < -0.3 is 9.13 Å². The molecule has 0 saturated carbocycles. The maximum Gasteiger partial charge on any atom is 0.123 e. The first-order valence-corrected chi connectivity index (χ1v) is 18.1. The molecule has 7 aromatic carbocycles. The van der Waals surface area contributed by atoms with Crippen LogP contribution >= 0.6 is 11.6 Å². The molecule has 5 heteroatoms. The minimum absolute atomic E-state index is 0.444. The van der Waals surface area contributed by atoms with Gasteiger partial charge in [-0.25, -0.2) is 9.97 Å². The summed E-state index contributed by atoms with van der Waals surface area (Å²) < 4.78 is 4.43. The fraction of sp³-hybridized carbons (Fsp3) is 0.0417. The van der Waals surface area contributed by atoms with Gasteiger partial charge in [0.15, 0.2) is 0 Å². The van der Waals surface area contributed by atoms with Crippen LogP contribution < -0.4 is 0 Å². The van der Waals surface area contributed by atoms with Gasteiger partial charge >= 0.3 is 0 Å². The van der Waals surface area contributed by atoms with E-state index in [1.54, 1.807) is 0 Å². The van der Waals surface area contributed by atoms with Crippen LogP contribution in [0.25, 0.3) is 11.0 Å². The van der Waals surface area contributed by atoms with E-state index in [1.807, 2.05) is 73.6 Å². The van der Waals surface area contributed by atoms with E-state index in [0.29, 0.717) is 0 Å². The molecule has 256 valence electrons. The summed E-state index contributed by atoms with van der Waals surface area (Å²) in [7, 11) is 0. The lowest BCUT2D eigenvalue weighted by molar-refractivity contribution is 0.514. The molecule has 0 aliphatic carbocycles. The van der Waals surface area contributed by atoms with Gasteiger partial charge in [-0.3, -0.25) is 0 Å². The first kappa shape index (κ1) is 33.6. The van der Waals surface area contributed by atoms with Crippen molar-refractivity contribution in [3.63, 3.8) is 0 Å². The summed E-state index contributed by atoms with van der Waals surface area (Å²) in [4.78, 5) is 9.04. The predicted molar refractivity (Wildman–Crippen MR) is 216 cm³/mol. The first-order valence-electron chi connectivity index (χ1n) is 17.7. The molecule has 0 bridgehead atoms. The Morgan fingerprint density at radius 2 is 0.830 bits per heavy atom. The summed E-state index contributed by atoms with van der Waals surface area (Å²) in [6, 6.07) is 69.1. The van der Waals surface area contributed by atoms with Gasteiger partial charge in [0, 0.05) is 23.0 Å². The average Bonchev–Trinajstić information content (AvgIpc) is 3.94. The Morgan fingerprint density at radius 1 is 0.415 bits per heavy atom. The largest absolute Gasteiger partial charge is 0.319 e. The van der Waals surface area contributed by atoms with Crippen LogP contribution in [0.2, 0.25) is 5.02 Å². The lowest BCUT2D eigenvalue weighted by Gasteiger charge is -2.38. The fourth-order valence-corrected chi connectivity index (χ4v) is 7.94. The Hall–Kier alpha value is -6.49. The number of nitrogens with zero attached hydrogens (tertiary/aromatic N) is 4. The molecule has 0 atom stereocenters. The number of rotatable bonds is 8. The van der Waals surface area contributed by atoms with Crippen LogP contribution in [-0.4, -0.2) is 19.1 Å². The van der Waals surface area contributed by atoms with Crippen molar-refractivity contribution in [3.05, 3.63) is 264 Å². The summed E-state index contributed by atoms with van der Waals surface area (Å²) in [5.74, 6) is 0. The number of imidazole rings is 2. The van der Waals surface area contributed by atoms with E-state index in [2.05, 4.69) is 166 Å². The van der Waals surface area contributed by atoms with Crippen LogP contribution in [0.3, 0.4) is 0 Å². The summed E-state index contributed by atoms with van der Waals surface area (Å²) in [6.45, 7) is 0. The molecule has 0 aliphatic heterocycles. The molecule has 0 aliphatic rings. The van der Waals surface area contributed by atoms with Crippen molar-refractivity contribution in [1.29, 1.82) is 0 Å². The second kappa shape index (κ2) is 15.0. The fourth-order valence-electron chi connectivity index (χ4n) is 7.67. The van der Waals surface area contributed by atoms with Gasteiger partial charge in [-0.15, -0.1) is 0 Å². The monoisotopic (exact) mass is 704 g/mol. The Balaban J connectivity index is 0.000000154. The van der Waals surface area contributed by atoms with Gasteiger partial charge in [0.25, 0.3) is 0 Å². The zero-order valence-electron chi connectivity index (χ0n) is 29.0. The number of para-hydroxylation sites is 2. The third-order valence-electron chi connectivity index (χ3n) is 9.93. The van der Waals surface area contributed by atoms with Crippen LogP contribution in [-0.2, 0) is 11.1 Å². The number of benzene rings is 7. The highest BCUT2D eigenvalue weighted by Crippen LogP contribution is 2.45. The molecule has 0 amide bonds. The standard InChI is InChI=1S/C26H19ClN2.C22H18N2/c27-23-16-8-7-15-22(23)26(20-11-3-1-4-12-20,21-13-5-2-6-14-21)29-19-28-24-17-9-10-18-25(24)29;1-4-10-19(11-5-1)22(24-17-16-23-18-24,20-12-6-2-7-13-20)21-14-8-3-9-15-21/h1-19H;1-18H. The number of halogens is 1. The molecule has 0 radical (unpaired) electrons. The van der Waals surface area contributed by atoms with Gasteiger partial charge in [-0.1, -0.05) is 194 Å². The van der Waals surface area contributed by atoms with Crippen LogP contribution in [0.5, 0.6) is 0 Å². The van der Waals surface area contributed by atoms with E-state index in [1.165, 1.54) is 16.7 Å². The number of aromatic nitrogens is 4. The van der Waals surface area contributed by atoms with Gasteiger partial charge in [0.1, 0.15) is 11.1 Å². The van der Waals surface area contributed by atoms with Gasteiger partial charge in [0.05, 0.1) is 23.7 Å². The summed E-state index contributed by atoms with van der Waals surface area (Å²) >= 11 is 6.84. The van der Waals surface area contributed by atoms with Gasteiger partial charge in [0.2, 0.25) is 0 Å². The molecule has 9 rings (SSSR count). The molecule has 0 N–H and O–H groups in total. The first-order chi connectivity index (χ1) is 26.2. The van der Waals surface area contributed by atoms with Crippen molar-refractivity contribution in [3.8, 4) is 0 Å². The Kier molecular flexibility index (Phi) is 9.53. The Bertz CT molecular complexity index is 2360. The lowest BCUT2D eigenvalue weighted by atomic mass is 9.76. The molecule has 9 aromatic rings. The van der Waals surface area contributed by atoms with Gasteiger partial charge in [-0.05, 0) is 46.0 Å². The smallest absolute Gasteiger partial charge is 0.123 e. The van der Waals surface area contributed by atoms with Crippen molar-refractivity contribution >= 4 is 22.6 Å². The second-order valence-corrected chi connectivity index (χ2v) is 13.2. The minimum Gasteiger partial charge on any atom is -0.319 e. The van der Waals surface area contributed by atoms with Crippen molar-refractivity contribution in [2.75, 3.05) is 0 Å². The average molecular weight is 705 g/mol. The summed E-state index contributed by atoms with van der Waals surface area (Å²) in [5.41, 5.74) is 7.81. The number of hydrogen-bond donors (Lipinski definition) is 0. The van der Waals surface area contributed by atoms with E-state index >= 15 is 0 Å². The quantitative estimate of drug-likeness (QED) is 0.148. The lowest BCUT2D eigenvalue weighted by Crippen LogP contribution is -2.37. The number of fused-ring (bicyclic) bond motifs is 1. The molecular weight excluding hydrogens is 668 g/mol. The van der Waals surface area contributed by atoms with Crippen molar-refractivity contribution < 1.29 is 0 Å². The SMILES string of the molecule is Clc1ccccc1C(c1ccccc1)(c1ccccc1)n1cnc2ccccc21.c1ccc(C(c2ccccc2)(c2ccccc2)n2ccnc2)cc1. The van der Waals surface area contributed by atoms with E-state index in [4.69, 9.17) is 16.6 Å². The van der Waals surface area contributed by atoms with Crippen LogP contribution in [0.15, 0.2) is 225 Å². The third kappa shape index (κ3) is 6.03. The van der Waals surface area contributed by atoms with Crippen molar-refractivity contribution in [2.24, 2.45) is 0 Å². The molecule has 0 fully saturated rings. The summed E-state index contributed by atoms with van der Waals surface area (Å²) in [5, 5.41) is 0.720. The predicted octanol–water partition coefficient (Wildman–Crippen LogP) is 11.3. The topological polar surface area (TPSA) is 35.6 Å². The molecule has 0 saturated heterocycles. The Labute approximate surface area is 315 Å². The molecule has 0 spiro atoms. The molecular formula is C48H37ClN4. The molecule has 2 aromatic heterocycles. The maximum atomic E-state index is 6.84. The highest BCUT2D eigenvalue weighted by atomic mass is 35.5. The molecule has 2 heterocycles. The van der Waals surface area contributed by atoms with Crippen LogP contribution in [0, 0.1) is 0 Å². The third-order valence-corrected chi connectivity index (χ3v) is 10.3. The normalized spacial score (nSPS) is 11.5. The summed E-state index contributed by atoms with van der Waals surface area (Å²) in [6.07, 6.45) is 7.69. The zero-order valence-corrected chi connectivity index (χ0v) is 29.8. The van der Waals surface area contributed by atoms with E-state index in [-0.39, 0.29) is 0 Å². The van der Waals surface area contributed by atoms with Crippen LogP contribution in [0.1, 0.15) is 33.4 Å². The van der Waals surface area contributed by atoms with E-state index in [9.17, 15) is 0 Å². The van der Waals surface area contributed by atoms with Crippen molar-refractivity contribution in [2.45, 2.75) is 11.1 Å². The highest BCUT2D eigenvalue weighted by molar-refractivity contribution is 6.31. The number of hydrogen-bond acceptors (Lipinski definition) is 2. The second-order valence-electron chi connectivity index (χ2n) is 12.8. The zero-order chi connectivity index (χ0) is 35.9. The van der Waals surface area contributed by atoms with Crippen molar-refractivity contribution in [1.82, 2.24) is 19.1 Å². The molecule has 53 heavy (non-hydrogen) atoms. The van der Waals surface area contributed by atoms with E-state index < -0.39 is 11.1 Å². The minimum atomic E-state index is -0.656. The molecule has 0 unspecified atom stereocenters. The van der Waals surface area contributed by atoms with E-state index in [0.717, 1.165) is 32.7 Å². The highest BCUT2D eigenvalue weighted by Gasteiger charge is 2.41. The maximum absolute atomic E-state index is 6.84. The Morgan fingerprint density at radius 3 is 1.28 bits per heavy atom.